The number of hydrogen-bond donors (Lipinski definition) is 3. The molecule has 0 radical (unpaired) electrons. The van der Waals surface area contributed by atoms with E-state index < -0.39 is 29.6 Å². The maximum Gasteiger partial charge on any atom is 0.258 e. The molecule has 2 aromatic carbocycles. The molecule has 0 saturated carbocycles. The van der Waals surface area contributed by atoms with Crippen molar-refractivity contribution in [1.29, 1.82) is 0 Å². The highest BCUT2D eigenvalue weighted by Gasteiger charge is 2.11. The van der Waals surface area contributed by atoms with Crippen LogP contribution in [0.1, 0.15) is 6.42 Å². The molecule has 0 heterocycles. The molecule has 11 heteroatoms. The number of carbonyl (C=O) groups excluding carboxylic acids is 2. The summed E-state index contributed by atoms with van der Waals surface area (Å²) in [5.74, 6) is -1.74. The van der Waals surface area contributed by atoms with E-state index in [9.17, 15) is 23.5 Å². The van der Waals surface area contributed by atoms with Gasteiger partial charge in [-0.05, 0) is 30.7 Å². The Labute approximate surface area is 188 Å². The highest BCUT2D eigenvalue weighted by atomic mass is 35.5. The van der Waals surface area contributed by atoms with Crippen molar-refractivity contribution in [3.05, 3.63) is 53.1 Å². The number of nitrogens with one attached hydrogen (secondary N) is 2. The van der Waals surface area contributed by atoms with Gasteiger partial charge >= 0.3 is 0 Å². The molecule has 32 heavy (non-hydrogen) atoms. The van der Waals surface area contributed by atoms with E-state index in [1.54, 1.807) is 0 Å². The molecule has 0 aliphatic heterocycles. The molecule has 0 fully saturated rings. The molecule has 0 bridgehead atoms. The lowest BCUT2D eigenvalue weighted by atomic mass is 10.2. The molecule has 8 nitrogen and oxygen atoms in total. The smallest absolute Gasteiger partial charge is 0.258 e. The molecule has 0 aliphatic rings. The lowest BCUT2D eigenvalue weighted by Gasteiger charge is -2.13. The van der Waals surface area contributed by atoms with Crippen molar-refractivity contribution in [2.75, 3.05) is 33.4 Å². The molecule has 174 valence electrons. The van der Waals surface area contributed by atoms with Crippen molar-refractivity contribution in [3.63, 3.8) is 0 Å². The van der Waals surface area contributed by atoms with Crippen LogP contribution in [0.3, 0.4) is 0 Å². The van der Waals surface area contributed by atoms with Crippen molar-refractivity contribution in [2.24, 2.45) is 0 Å². The first-order valence-electron chi connectivity index (χ1n) is 9.54. The maximum atomic E-state index is 13.3. The monoisotopic (exact) mass is 472 g/mol. The van der Waals surface area contributed by atoms with Crippen LogP contribution in [0, 0.1) is 11.6 Å². The summed E-state index contributed by atoms with van der Waals surface area (Å²) in [6.45, 7) is -0.578. The SMILES string of the molecule is COc1cc(OCC(=O)NCC[C@H](O)CNC(=O)COc2ccc(Cl)c(F)c2)ccc1F. The number of ether oxygens (including phenoxy) is 3. The highest BCUT2D eigenvalue weighted by Crippen LogP contribution is 2.23. The third-order valence-corrected chi connectivity index (χ3v) is 4.39. The van der Waals surface area contributed by atoms with Gasteiger partial charge in [-0.3, -0.25) is 9.59 Å². The second-order valence-corrected chi connectivity index (χ2v) is 6.95. The van der Waals surface area contributed by atoms with E-state index in [1.165, 1.54) is 31.4 Å². The topological polar surface area (TPSA) is 106 Å². The van der Waals surface area contributed by atoms with Gasteiger partial charge in [0.2, 0.25) is 0 Å². The fourth-order valence-corrected chi connectivity index (χ4v) is 2.53. The summed E-state index contributed by atoms with van der Waals surface area (Å²) < 4.78 is 41.9. The Morgan fingerprint density at radius 2 is 1.62 bits per heavy atom. The fraction of sp³-hybridized carbons (Fsp3) is 0.333. The molecule has 0 unspecified atom stereocenters. The Bertz CT molecular complexity index is 931. The number of rotatable bonds is 12. The molecule has 0 saturated heterocycles. The summed E-state index contributed by atoms with van der Waals surface area (Å²) in [4.78, 5) is 23.6. The van der Waals surface area contributed by atoms with Gasteiger partial charge in [-0.1, -0.05) is 11.6 Å². The van der Waals surface area contributed by atoms with E-state index in [0.29, 0.717) is 0 Å². The number of methoxy groups -OCH3 is 1. The minimum absolute atomic E-state index is 0.00110. The zero-order valence-electron chi connectivity index (χ0n) is 17.2. The largest absolute Gasteiger partial charge is 0.494 e. The third-order valence-electron chi connectivity index (χ3n) is 4.09. The van der Waals surface area contributed by atoms with Crippen molar-refractivity contribution >= 4 is 23.4 Å². The maximum absolute atomic E-state index is 13.3. The molecule has 2 amide bonds. The second-order valence-electron chi connectivity index (χ2n) is 6.55. The number of benzene rings is 2. The van der Waals surface area contributed by atoms with Crippen molar-refractivity contribution in [2.45, 2.75) is 12.5 Å². The molecule has 0 aliphatic carbocycles. The summed E-state index contributed by atoms with van der Waals surface area (Å²) in [5, 5.41) is 14.9. The van der Waals surface area contributed by atoms with Gasteiger partial charge in [0.05, 0.1) is 18.2 Å². The van der Waals surface area contributed by atoms with Crippen LogP contribution in [-0.2, 0) is 9.59 Å². The Hall–Kier alpha value is -3.11. The van der Waals surface area contributed by atoms with E-state index in [4.69, 9.17) is 25.8 Å². The minimum Gasteiger partial charge on any atom is -0.494 e. The summed E-state index contributed by atoms with van der Waals surface area (Å²) in [6.07, 6.45) is -0.728. The van der Waals surface area contributed by atoms with Gasteiger partial charge in [0.1, 0.15) is 17.3 Å². The zero-order chi connectivity index (χ0) is 23.5. The van der Waals surface area contributed by atoms with Crippen LogP contribution in [-0.4, -0.2) is 56.4 Å². The molecule has 3 N–H and O–H groups in total. The highest BCUT2D eigenvalue weighted by molar-refractivity contribution is 6.30. The first-order chi connectivity index (χ1) is 15.3. The summed E-state index contributed by atoms with van der Waals surface area (Å²) >= 11 is 5.56. The predicted octanol–water partition coefficient (Wildman–Crippen LogP) is 2.07. The number of aliphatic hydroxyl groups is 1. The number of hydrogen-bond acceptors (Lipinski definition) is 6. The fourth-order valence-electron chi connectivity index (χ4n) is 2.41. The van der Waals surface area contributed by atoms with Gasteiger partial charge in [0, 0.05) is 25.2 Å². The number of amides is 2. The van der Waals surface area contributed by atoms with Crippen molar-refractivity contribution < 1.29 is 37.7 Å². The van der Waals surface area contributed by atoms with E-state index in [0.717, 1.165) is 12.1 Å². The van der Waals surface area contributed by atoms with Crippen LogP contribution in [0.5, 0.6) is 17.2 Å². The quantitative estimate of drug-likeness (QED) is 0.437. The normalized spacial score (nSPS) is 11.4. The molecule has 2 rings (SSSR count). The molecule has 1 atom stereocenters. The van der Waals surface area contributed by atoms with Crippen molar-refractivity contribution in [3.8, 4) is 17.2 Å². The molecule has 0 spiro atoms. The average molecular weight is 473 g/mol. The average Bonchev–Trinajstić information content (AvgIpc) is 2.77. The molecular weight excluding hydrogens is 450 g/mol. The third kappa shape index (κ3) is 8.56. The van der Waals surface area contributed by atoms with E-state index in [1.807, 2.05) is 0 Å². The van der Waals surface area contributed by atoms with Gasteiger partial charge in [-0.2, -0.15) is 0 Å². The van der Waals surface area contributed by atoms with Crippen molar-refractivity contribution in [1.82, 2.24) is 10.6 Å². The van der Waals surface area contributed by atoms with E-state index in [-0.39, 0.29) is 55.0 Å². The predicted molar refractivity (Wildman–Crippen MR) is 112 cm³/mol. The molecule has 2 aromatic rings. The van der Waals surface area contributed by atoms with Crippen LogP contribution in [0.25, 0.3) is 0 Å². The van der Waals surface area contributed by atoms with Gasteiger partial charge in [-0.25, -0.2) is 8.78 Å². The van der Waals surface area contributed by atoms with Gasteiger partial charge in [0.15, 0.2) is 24.8 Å². The number of halogens is 3. The lowest BCUT2D eigenvalue weighted by Crippen LogP contribution is -2.37. The van der Waals surface area contributed by atoms with E-state index in [2.05, 4.69) is 10.6 Å². The Morgan fingerprint density at radius 1 is 1.00 bits per heavy atom. The standard InChI is InChI=1S/C21H23ClF2N2O6/c1-30-19-9-15(3-5-17(19)23)32-11-20(28)25-7-6-13(27)10-26-21(29)12-31-14-2-4-16(22)18(24)8-14/h2-5,8-9,13,27H,6-7,10-12H2,1H3,(H,25,28)(H,26,29)/t13-/m0/s1. The summed E-state index contributed by atoms with van der Waals surface area (Å²) in [7, 11) is 1.32. The lowest BCUT2D eigenvalue weighted by molar-refractivity contribution is -0.124. The van der Waals surface area contributed by atoms with Gasteiger partial charge in [0.25, 0.3) is 11.8 Å². The summed E-state index contributed by atoms with van der Waals surface area (Å²) in [5.41, 5.74) is 0. The second kappa shape index (κ2) is 12.7. The zero-order valence-corrected chi connectivity index (χ0v) is 18.0. The van der Waals surface area contributed by atoms with Gasteiger partial charge < -0.3 is 30.0 Å². The Kier molecular flexibility index (Phi) is 9.96. The van der Waals surface area contributed by atoms with Crippen LogP contribution in [0.4, 0.5) is 8.78 Å². The Morgan fingerprint density at radius 3 is 2.28 bits per heavy atom. The minimum atomic E-state index is -0.908. The van der Waals surface area contributed by atoms with Gasteiger partial charge in [-0.15, -0.1) is 0 Å². The van der Waals surface area contributed by atoms with Crippen LogP contribution >= 0.6 is 11.6 Å². The van der Waals surface area contributed by atoms with E-state index >= 15 is 0 Å². The first-order valence-corrected chi connectivity index (χ1v) is 9.92. The first kappa shape index (κ1) is 25.2. The molecule has 0 aromatic heterocycles. The van der Waals surface area contributed by atoms with Crippen LogP contribution in [0.2, 0.25) is 5.02 Å². The summed E-state index contributed by atoms with van der Waals surface area (Å²) in [6, 6.07) is 7.64. The number of aliphatic hydroxyl groups excluding tert-OH is 1. The Balaban J connectivity index is 1.59. The van der Waals surface area contributed by atoms with Crippen LogP contribution in [0.15, 0.2) is 36.4 Å². The number of carbonyl (C=O) groups is 2. The van der Waals surface area contributed by atoms with Crippen LogP contribution < -0.4 is 24.8 Å². The molecular formula is C21H23ClF2N2O6.